The van der Waals surface area contributed by atoms with Crippen molar-refractivity contribution in [1.29, 1.82) is 0 Å². The van der Waals surface area contributed by atoms with E-state index in [4.69, 9.17) is 4.74 Å². The molecule has 1 amide bonds. The topological polar surface area (TPSA) is 130 Å². The molecule has 4 aromatic rings. The smallest absolute Gasteiger partial charge is 0.226 e. The summed E-state index contributed by atoms with van der Waals surface area (Å²) in [6.45, 7) is 3.18. The van der Waals surface area contributed by atoms with Gasteiger partial charge in [0.2, 0.25) is 5.91 Å². The van der Waals surface area contributed by atoms with E-state index in [0.29, 0.717) is 38.3 Å². The van der Waals surface area contributed by atoms with Gasteiger partial charge in [-0.1, -0.05) is 0 Å². The van der Waals surface area contributed by atoms with Crippen molar-refractivity contribution in [2.75, 3.05) is 30.8 Å². The van der Waals surface area contributed by atoms with Crippen LogP contribution in [0.25, 0.3) is 21.1 Å². The molecule has 192 valence electrons. The van der Waals surface area contributed by atoms with E-state index in [1.807, 2.05) is 19.1 Å². The number of hydrogen-bond acceptors (Lipinski definition) is 9. The average Bonchev–Trinajstić information content (AvgIpc) is 3.46. The molecular formula is C25H26N6O4S2. The van der Waals surface area contributed by atoms with E-state index in [9.17, 15) is 13.2 Å². The first kappa shape index (κ1) is 22.9. The predicted molar refractivity (Wildman–Crippen MR) is 141 cm³/mol. The maximum atomic E-state index is 13.2. The lowest BCUT2D eigenvalue weighted by Gasteiger charge is -2.55. The number of aromatic nitrogens is 4. The molecule has 2 fully saturated rings. The van der Waals surface area contributed by atoms with Crippen LogP contribution in [-0.4, -0.2) is 69.6 Å². The number of sulfone groups is 1. The summed E-state index contributed by atoms with van der Waals surface area (Å²) in [5.74, 6) is 1.63. The fraction of sp³-hybridized carbons (Fsp3) is 0.440. The molecule has 7 rings (SSSR count). The van der Waals surface area contributed by atoms with Crippen LogP contribution in [0.3, 0.4) is 0 Å². The number of aromatic amines is 1. The summed E-state index contributed by atoms with van der Waals surface area (Å²) in [7, 11) is -3.02. The van der Waals surface area contributed by atoms with Crippen LogP contribution >= 0.6 is 11.3 Å². The third kappa shape index (κ3) is 3.45. The van der Waals surface area contributed by atoms with Crippen molar-refractivity contribution in [3.63, 3.8) is 0 Å². The summed E-state index contributed by atoms with van der Waals surface area (Å²) in [6.07, 6.45) is 6.14. The molecule has 2 saturated heterocycles. The van der Waals surface area contributed by atoms with Gasteiger partial charge in [0.25, 0.3) is 0 Å². The Morgan fingerprint density at radius 2 is 2.19 bits per heavy atom. The molecule has 1 spiro atoms. The maximum Gasteiger partial charge on any atom is 0.226 e. The minimum absolute atomic E-state index is 0.0787. The predicted octanol–water partition coefficient (Wildman–Crippen LogP) is 3.21. The van der Waals surface area contributed by atoms with Gasteiger partial charge in [0, 0.05) is 35.3 Å². The zero-order valence-electron chi connectivity index (χ0n) is 20.3. The number of H-pyrrole nitrogens is 1. The number of rotatable bonds is 5. The van der Waals surface area contributed by atoms with Gasteiger partial charge in [-0.05, 0) is 44.2 Å². The largest absolute Gasteiger partial charge is 0.492 e. The highest BCUT2D eigenvalue weighted by Gasteiger charge is 2.61. The van der Waals surface area contributed by atoms with Crippen LogP contribution in [0.2, 0.25) is 0 Å². The lowest BCUT2D eigenvalue weighted by molar-refractivity contribution is -0.141. The third-order valence-corrected chi connectivity index (χ3v) is 11.7. The minimum Gasteiger partial charge on any atom is -0.492 e. The Kier molecular flexibility index (Phi) is 5.03. The van der Waals surface area contributed by atoms with Crippen LogP contribution in [0.5, 0.6) is 5.75 Å². The van der Waals surface area contributed by atoms with Crippen molar-refractivity contribution in [3.8, 4) is 5.75 Å². The number of carbonyl (C=O) groups is 1. The summed E-state index contributed by atoms with van der Waals surface area (Å²) >= 11 is 1.61. The van der Waals surface area contributed by atoms with Crippen LogP contribution in [0, 0.1) is 5.92 Å². The van der Waals surface area contributed by atoms with Crippen molar-refractivity contribution < 1.29 is 17.9 Å². The first-order chi connectivity index (χ1) is 17.9. The number of aryl methyl sites for hydroxylation is 1. The molecule has 5 heterocycles. The lowest BCUT2D eigenvalue weighted by atomic mass is 9.85. The van der Waals surface area contributed by atoms with Crippen LogP contribution in [-0.2, 0) is 27.5 Å². The summed E-state index contributed by atoms with van der Waals surface area (Å²) < 4.78 is 29.5. The van der Waals surface area contributed by atoms with E-state index < -0.39 is 14.6 Å². The fourth-order valence-corrected chi connectivity index (χ4v) is 8.95. The Morgan fingerprint density at radius 1 is 1.32 bits per heavy atom. The average molecular weight is 539 g/mol. The van der Waals surface area contributed by atoms with E-state index in [1.54, 1.807) is 28.8 Å². The van der Waals surface area contributed by atoms with Crippen molar-refractivity contribution in [3.05, 3.63) is 35.1 Å². The van der Waals surface area contributed by atoms with Crippen LogP contribution < -0.4 is 10.1 Å². The first-order valence-electron chi connectivity index (χ1n) is 12.5. The van der Waals surface area contributed by atoms with Gasteiger partial charge in [-0.25, -0.2) is 18.4 Å². The highest BCUT2D eigenvalue weighted by atomic mass is 32.2. The second-order valence-corrected chi connectivity index (χ2v) is 13.7. The number of thiophene rings is 1. The normalized spacial score (nSPS) is 21.4. The van der Waals surface area contributed by atoms with Gasteiger partial charge in [-0.3, -0.25) is 9.89 Å². The Balaban J connectivity index is 1.16. The van der Waals surface area contributed by atoms with E-state index in [0.717, 1.165) is 50.3 Å². The van der Waals surface area contributed by atoms with E-state index in [-0.39, 0.29) is 17.6 Å². The number of ether oxygens (including phenoxy) is 1. The second kappa shape index (κ2) is 8.12. The third-order valence-electron chi connectivity index (χ3n) is 8.04. The van der Waals surface area contributed by atoms with Gasteiger partial charge in [0.15, 0.2) is 9.84 Å². The molecule has 1 aliphatic carbocycles. The van der Waals surface area contributed by atoms with E-state index in [1.165, 1.54) is 5.56 Å². The Hall–Kier alpha value is -3.25. The molecule has 0 saturated carbocycles. The fourth-order valence-electron chi connectivity index (χ4n) is 5.86. The van der Waals surface area contributed by atoms with E-state index in [2.05, 4.69) is 25.5 Å². The minimum atomic E-state index is -3.02. The summed E-state index contributed by atoms with van der Waals surface area (Å²) in [5.41, 5.74) is 2.89. The van der Waals surface area contributed by atoms with Crippen molar-refractivity contribution in [1.82, 2.24) is 25.1 Å². The maximum absolute atomic E-state index is 13.2. The lowest BCUT2D eigenvalue weighted by Crippen LogP contribution is -2.73. The molecule has 2 aliphatic heterocycles. The molecule has 0 bridgehead atoms. The van der Waals surface area contributed by atoms with Gasteiger partial charge in [0.05, 0.1) is 35.1 Å². The molecule has 2 N–H and O–H groups in total. The Labute approximate surface area is 217 Å². The highest BCUT2D eigenvalue weighted by Crippen LogP contribution is 2.45. The number of benzene rings is 1. The molecule has 1 unspecified atom stereocenters. The SMILES string of the molecule is CCOc1cc2[nH]ncc2cc1Nc1ncnc2sc3c(c12)CCC(C(=O)N1CC2(CCS2(=O)=O)C1)C3. The first-order valence-corrected chi connectivity index (χ1v) is 15.0. The molecule has 37 heavy (non-hydrogen) atoms. The monoisotopic (exact) mass is 538 g/mol. The van der Waals surface area contributed by atoms with Crippen LogP contribution in [0.15, 0.2) is 24.7 Å². The van der Waals surface area contributed by atoms with Crippen molar-refractivity contribution in [2.24, 2.45) is 5.92 Å². The standard InChI is InChI=1S/C25H26N6O4S2/c1-2-35-19-9-17-15(10-28-30-17)7-18(19)29-22-21-16-4-3-14(8-20(16)36-23(21)27-13-26-22)24(32)31-11-25(12-31)5-6-37(25,33)34/h7,9-10,13-14H,2-6,8,11-12H2,1H3,(H,28,30)(H,26,27,29). The number of likely N-dealkylation sites (tertiary alicyclic amines) is 1. The molecule has 1 aromatic carbocycles. The quantitative estimate of drug-likeness (QED) is 0.396. The molecular weight excluding hydrogens is 512 g/mol. The number of anilines is 2. The van der Waals surface area contributed by atoms with Crippen molar-refractivity contribution in [2.45, 2.75) is 37.4 Å². The number of nitrogens with zero attached hydrogens (tertiary/aromatic N) is 4. The molecule has 3 aliphatic rings. The number of amides is 1. The van der Waals surface area contributed by atoms with Gasteiger partial charge >= 0.3 is 0 Å². The number of hydrogen-bond donors (Lipinski definition) is 2. The zero-order valence-corrected chi connectivity index (χ0v) is 21.9. The van der Waals surface area contributed by atoms with Crippen molar-refractivity contribution >= 4 is 59.7 Å². The summed E-state index contributed by atoms with van der Waals surface area (Å²) in [5, 5.41) is 12.5. The molecule has 10 nitrogen and oxygen atoms in total. The van der Waals surface area contributed by atoms with Crippen LogP contribution in [0.1, 0.15) is 30.2 Å². The molecule has 12 heteroatoms. The molecule has 3 aromatic heterocycles. The number of carbonyl (C=O) groups excluding carboxylic acids is 1. The zero-order chi connectivity index (χ0) is 25.4. The number of nitrogens with one attached hydrogen (secondary N) is 2. The highest BCUT2D eigenvalue weighted by molar-refractivity contribution is 7.94. The van der Waals surface area contributed by atoms with Crippen LogP contribution in [0.4, 0.5) is 11.5 Å². The molecule has 0 radical (unpaired) electrons. The Morgan fingerprint density at radius 3 is 2.95 bits per heavy atom. The van der Waals surface area contributed by atoms with Gasteiger partial charge in [-0.2, -0.15) is 5.10 Å². The van der Waals surface area contributed by atoms with Gasteiger partial charge in [-0.15, -0.1) is 11.3 Å². The van der Waals surface area contributed by atoms with Gasteiger partial charge in [0.1, 0.15) is 27.5 Å². The Bertz CT molecular complexity index is 1670. The molecule has 1 atom stereocenters. The number of fused-ring (bicyclic) bond motifs is 4. The van der Waals surface area contributed by atoms with Gasteiger partial charge < -0.3 is 15.0 Å². The summed E-state index contributed by atoms with van der Waals surface area (Å²) in [4.78, 5) is 26.1. The summed E-state index contributed by atoms with van der Waals surface area (Å²) in [6, 6.07) is 3.92. The van der Waals surface area contributed by atoms with E-state index >= 15 is 0 Å². The second-order valence-electron chi connectivity index (χ2n) is 10.2.